The molecule has 0 aromatic heterocycles. The third-order valence-electron chi connectivity index (χ3n) is 5.10. The number of amides is 1. The standard InChI is InChI=1S/C21H25ClN2O3S/c1-15-6-10-19(11-7-15)28(26,27)24-12-4-3-5-18(24)14-21(25)23-20-13-17(22)9-8-16(20)2/h6-11,13,18H,3-5,12,14H2,1-2H3,(H,23,25)/t18-/m0/s1. The zero-order valence-electron chi connectivity index (χ0n) is 16.1. The van der Waals surface area contributed by atoms with Crippen LogP contribution in [-0.2, 0) is 14.8 Å². The van der Waals surface area contributed by atoms with E-state index in [1.54, 1.807) is 36.4 Å². The molecular formula is C21H25ClN2O3S. The average molecular weight is 421 g/mol. The van der Waals surface area contributed by atoms with E-state index in [-0.39, 0.29) is 23.3 Å². The quantitative estimate of drug-likeness (QED) is 0.772. The summed E-state index contributed by atoms with van der Waals surface area (Å²) in [5.41, 5.74) is 2.57. The molecule has 0 radical (unpaired) electrons. The number of sulfonamides is 1. The fourth-order valence-corrected chi connectivity index (χ4v) is 5.35. The molecule has 2 aromatic rings. The van der Waals surface area contributed by atoms with E-state index in [1.165, 1.54) is 4.31 Å². The number of hydrogen-bond donors (Lipinski definition) is 1. The summed E-state index contributed by atoms with van der Waals surface area (Å²) in [6, 6.07) is 11.8. The molecule has 1 aliphatic heterocycles. The van der Waals surface area contributed by atoms with Crippen molar-refractivity contribution in [3.63, 3.8) is 0 Å². The first-order valence-corrected chi connectivity index (χ1v) is 11.2. The van der Waals surface area contributed by atoms with E-state index >= 15 is 0 Å². The van der Waals surface area contributed by atoms with E-state index in [1.807, 2.05) is 19.9 Å². The maximum atomic E-state index is 13.1. The normalized spacial score (nSPS) is 18.0. The van der Waals surface area contributed by atoms with Crippen molar-refractivity contribution in [2.24, 2.45) is 0 Å². The van der Waals surface area contributed by atoms with Crippen LogP contribution in [0.3, 0.4) is 0 Å². The number of anilines is 1. The Morgan fingerprint density at radius 1 is 1.14 bits per heavy atom. The van der Waals surface area contributed by atoms with Gasteiger partial charge in [-0.2, -0.15) is 4.31 Å². The Balaban J connectivity index is 1.76. The molecule has 1 fully saturated rings. The van der Waals surface area contributed by atoms with E-state index in [2.05, 4.69) is 5.32 Å². The summed E-state index contributed by atoms with van der Waals surface area (Å²) >= 11 is 6.02. The second kappa shape index (κ2) is 8.64. The first kappa shape index (κ1) is 20.8. The molecule has 0 bridgehead atoms. The molecule has 2 aromatic carbocycles. The summed E-state index contributed by atoms with van der Waals surface area (Å²) in [4.78, 5) is 12.9. The number of carbonyl (C=O) groups excluding carboxylic acids is 1. The highest BCUT2D eigenvalue weighted by molar-refractivity contribution is 7.89. The number of nitrogens with zero attached hydrogens (tertiary/aromatic N) is 1. The predicted octanol–water partition coefficient (Wildman–Crippen LogP) is 4.53. The second-order valence-electron chi connectivity index (χ2n) is 7.29. The van der Waals surface area contributed by atoms with E-state index < -0.39 is 10.0 Å². The lowest BCUT2D eigenvalue weighted by molar-refractivity contribution is -0.117. The highest BCUT2D eigenvalue weighted by Crippen LogP contribution is 2.28. The Morgan fingerprint density at radius 2 is 1.86 bits per heavy atom. The maximum Gasteiger partial charge on any atom is 0.243 e. The zero-order chi connectivity index (χ0) is 20.3. The van der Waals surface area contributed by atoms with Crippen LogP contribution in [0, 0.1) is 13.8 Å². The lowest BCUT2D eigenvalue weighted by Gasteiger charge is -2.34. The summed E-state index contributed by atoms with van der Waals surface area (Å²) in [6.07, 6.45) is 2.51. The van der Waals surface area contributed by atoms with Crippen LogP contribution in [0.2, 0.25) is 5.02 Å². The van der Waals surface area contributed by atoms with Crippen molar-refractivity contribution in [3.05, 3.63) is 58.6 Å². The van der Waals surface area contributed by atoms with Gasteiger partial charge >= 0.3 is 0 Å². The number of carbonyl (C=O) groups is 1. The maximum absolute atomic E-state index is 13.1. The van der Waals surface area contributed by atoms with Gasteiger partial charge in [0.15, 0.2) is 0 Å². The molecule has 1 amide bonds. The van der Waals surface area contributed by atoms with Gasteiger partial charge in [0, 0.05) is 29.7 Å². The topological polar surface area (TPSA) is 66.5 Å². The number of halogens is 1. The highest BCUT2D eigenvalue weighted by Gasteiger charge is 2.34. The van der Waals surface area contributed by atoms with E-state index in [4.69, 9.17) is 11.6 Å². The van der Waals surface area contributed by atoms with Crippen LogP contribution in [0.25, 0.3) is 0 Å². The largest absolute Gasteiger partial charge is 0.326 e. The Hall–Kier alpha value is -1.89. The minimum Gasteiger partial charge on any atom is -0.326 e. The van der Waals surface area contributed by atoms with Crippen LogP contribution in [0.4, 0.5) is 5.69 Å². The molecule has 0 unspecified atom stereocenters. The van der Waals surface area contributed by atoms with Crippen molar-refractivity contribution in [1.29, 1.82) is 0 Å². The molecule has 28 heavy (non-hydrogen) atoms. The molecule has 0 saturated carbocycles. The van der Waals surface area contributed by atoms with Crippen LogP contribution >= 0.6 is 11.6 Å². The van der Waals surface area contributed by atoms with Crippen molar-refractivity contribution in [1.82, 2.24) is 4.31 Å². The smallest absolute Gasteiger partial charge is 0.243 e. The first-order chi connectivity index (χ1) is 13.3. The Morgan fingerprint density at radius 3 is 2.57 bits per heavy atom. The van der Waals surface area contributed by atoms with Gasteiger partial charge in [0.05, 0.1) is 4.90 Å². The minimum atomic E-state index is -3.63. The summed E-state index contributed by atoms with van der Waals surface area (Å²) in [5.74, 6) is -0.207. The molecule has 1 aliphatic rings. The molecule has 1 N–H and O–H groups in total. The molecular weight excluding hydrogens is 396 g/mol. The van der Waals surface area contributed by atoms with Crippen LogP contribution in [0.15, 0.2) is 47.4 Å². The number of aryl methyl sites for hydroxylation is 2. The minimum absolute atomic E-state index is 0.122. The van der Waals surface area contributed by atoms with Gasteiger partial charge in [0.2, 0.25) is 15.9 Å². The molecule has 3 rings (SSSR count). The summed E-state index contributed by atoms with van der Waals surface area (Å²) in [7, 11) is -3.63. The predicted molar refractivity (Wildman–Crippen MR) is 112 cm³/mol. The van der Waals surface area contributed by atoms with Crippen molar-refractivity contribution in [3.8, 4) is 0 Å². The molecule has 150 valence electrons. The molecule has 7 heteroatoms. The van der Waals surface area contributed by atoms with Gasteiger partial charge in [-0.3, -0.25) is 4.79 Å². The Bertz CT molecular complexity index is 958. The number of piperidine rings is 1. The van der Waals surface area contributed by atoms with E-state index in [0.717, 1.165) is 24.0 Å². The van der Waals surface area contributed by atoms with Crippen LogP contribution in [-0.4, -0.2) is 31.2 Å². The van der Waals surface area contributed by atoms with Crippen molar-refractivity contribution in [2.75, 3.05) is 11.9 Å². The monoisotopic (exact) mass is 420 g/mol. The van der Waals surface area contributed by atoms with E-state index in [0.29, 0.717) is 23.7 Å². The summed E-state index contributed by atoms with van der Waals surface area (Å²) in [6.45, 7) is 4.24. The van der Waals surface area contributed by atoms with Gasteiger partial charge in [0.25, 0.3) is 0 Å². The molecule has 1 atom stereocenters. The van der Waals surface area contributed by atoms with Gasteiger partial charge < -0.3 is 5.32 Å². The van der Waals surface area contributed by atoms with Gasteiger partial charge in [-0.25, -0.2) is 8.42 Å². The lowest BCUT2D eigenvalue weighted by Crippen LogP contribution is -2.45. The third-order valence-corrected chi connectivity index (χ3v) is 7.30. The Kier molecular flexibility index (Phi) is 6.43. The van der Waals surface area contributed by atoms with Crippen molar-refractivity contribution < 1.29 is 13.2 Å². The van der Waals surface area contributed by atoms with Gasteiger partial charge in [-0.05, 0) is 56.5 Å². The summed E-state index contributed by atoms with van der Waals surface area (Å²) < 4.78 is 27.7. The average Bonchev–Trinajstić information content (AvgIpc) is 2.65. The number of benzene rings is 2. The Labute approximate surface area is 171 Å². The zero-order valence-corrected chi connectivity index (χ0v) is 17.7. The molecule has 0 aliphatic carbocycles. The molecule has 0 spiro atoms. The number of rotatable bonds is 5. The number of hydrogen-bond acceptors (Lipinski definition) is 3. The van der Waals surface area contributed by atoms with Crippen molar-refractivity contribution >= 4 is 33.2 Å². The van der Waals surface area contributed by atoms with E-state index in [9.17, 15) is 13.2 Å². The lowest BCUT2D eigenvalue weighted by atomic mass is 10.0. The fraction of sp³-hybridized carbons (Fsp3) is 0.381. The third kappa shape index (κ3) is 4.74. The highest BCUT2D eigenvalue weighted by atomic mass is 35.5. The van der Waals surface area contributed by atoms with Crippen molar-refractivity contribution in [2.45, 2.75) is 50.5 Å². The first-order valence-electron chi connectivity index (χ1n) is 9.42. The molecule has 1 heterocycles. The van der Waals surface area contributed by atoms with Gasteiger partial charge in [-0.1, -0.05) is 41.8 Å². The van der Waals surface area contributed by atoms with Crippen LogP contribution in [0.1, 0.15) is 36.8 Å². The second-order valence-corrected chi connectivity index (χ2v) is 9.62. The van der Waals surface area contributed by atoms with Crippen LogP contribution in [0.5, 0.6) is 0 Å². The molecule has 5 nitrogen and oxygen atoms in total. The van der Waals surface area contributed by atoms with Crippen LogP contribution < -0.4 is 5.32 Å². The van der Waals surface area contributed by atoms with Gasteiger partial charge in [-0.15, -0.1) is 0 Å². The summed E-state index contributed by atoms with van der Waals surface area (Å²) in [5, 5.41) is 3.42. The molecule has 1 saturated heterocycles. The van der Waals surface area contributed by atoms with Gasteiger partial charge in [0.1, 0.15) is 0 Å². The SMILES string of the molecule is Cc1ccc(S(=O)(=O)N2CCCC[C@H]2CC(=O)Nc2cc(Cl)ccc2C)cc1. The fourth-order valence-electron chi connectivity index (χ4n) is 3.48. The number of nitrogens with one attached hydrogen (secondary N) is 1.